The number of para-hydroxylation sites is 2. The van der Waals surface area contributed by atoms with Crippen molar-refractivity contribution in [3.8, 4) is 0 Å². The first kappa shape index (κ1) is 24.5. The van der Waals surface area contributed by atoms with Gasteiger partial charge in [0.15, 0.2) is 6.54 Å². The van der Waals surface area contributed by atoms with Gasteiger partial charge in [0.2, 0.25) is 5.52 Å². The molecule has 2 aliphatic rings. The van der Waals surface area contributed by atoms with E-state index in [1.54, 1.807) is 23.1 Å². The number of nitrogens with zero attached hydrogens (tertiary/aromatic N) is 2. The molecule has 2 N–H and O–H groups in total. The van der Waals surface area contributed by atoms with Crippen LogP contribution in [0.3, 0.4) is 0 Å². The Morgan fingerprint density at radius 1 is 0.914 bits per heavy atom. The first-order valence-electron chi connectivity index (χ1n) is 10.9. The largest absolute Gasteiger partial charge is 0.334 e. The van der Waals surface area contributed by atoms with Crippen molar-refractivity contribution in [1.29, 1.82) is 0 Å². The van der Waals surface area contributed by atoms with Gasteiger partial charge in [-0.05, 0) is 42.7 Å². The van der Waals surface area contributed by atoms with Crippen LogP contribution in [-0.2, 0) is 26.8 Å². The minimum Gasteiger partial charge on any atom is -0.334 e. The van der Waals surface area contributed by atoms with E-state index in [0.717, 1.165) is 54.8 Å². The average molecular weight is 552 g/mol. The number of hydrogen-bond acceptors (Lipinski definition) is 7. The van der Waals surface area contributed by atoms with E-state index in [2.05, 4.69) is 6.08 Å². The molecule has 1 aromatic heterocycles. The van der Waals surface area contributed by atoms with E-state index < -0.39 is 20.2 Å². The molecule has 0 unspecified atom stereocenters. The van der Waals surface area contributed by atoms with Crippen molar-refractivity contribution in [3.05, 3.63) is 70.2 Å². The van der Waals surface area contributed by atoms with E-state index in [1.165, 1.54) is 0 Å². The zero-order chi connectivity index (χ0) is 24.8. The van der Waals surface area contributed by atoms with Crippen LogP contribution >= 0.6 is 23.1 Å². The summed E-state index contributed by atoms with van der Waals surface area (Å²) in [6.07, 6.45) is 3.60. The number of fused-ring (bicyclic) bond motifs is 2. The molecule has 12 heteroatoms. The molecule has 0 saturated carbocycles. The van der Waals surface area contributed by atoms with E-state index in [4.69, 9.17) is 0 Å². The summed E-state index contributed by atoms with van der Waals surface area (Å²) in [6, 6.07) is 15.5. The average Bonchev–Trinajstić information content (AvgIpc) is 3.50. The van der Waals surface area contributed by atoms with Crippen LogP contribution in [0.1, 0.15) is 17.8 Å². The van der Waals surface area contributed by atoms with Crippen LogP contribution in [0.4, 0.5) is 5.69 Å². The van der Waals surface area contributed by atoms with Crippen LogP contribution in [-0.4, -0.2) is 44.0 Å². The molecule has 1 aliphatic carbocycles. The van der Waals surface area contributed by atoms with Gasteiger partial charge in [0.25, 0.3) is 25.2 Å². The maximum Gasteiger partial charge on any atom is 0.271 e. The van der Waals surface area contributed by atoms with Gasteiger partial charge in [0, 0.05) is 23.1 Å². The number of anilines is 1. The van der Waals surface area contributed by atoms with Crippen LogP contribution < -0.4 is 9.47 Å². The third kappa shape index (κ3) is 5.32. The third-order valence-corrected chi connectivity index (χ3v) is 9.80. The molecule has 1 aliphatic heterocycles. The Bertz CT molecular complexity index is 1590. The van der Waals surface area contributed by atoms with Gasteiger partial charge in [0.05, 0.1) is 16.5 Å². The highest BCUT2D eigenvalue weighted by Gasteiger charge is 2.32. The SMILES string of the molecule is O=S(=O)(O)CCN1/C(=C2/C=C(c3sc4ccccc4[n+]3CCS(=O)(=O)O)CC2)Sc2ccccc21. The van der Waals surface area contributed by atoms with E-state index in [9.17, 15) is 25.9 Å². The molecule has 35 heavy (non-hydrogen) atoms. The quantitative estimate of drug-likeness (QED) is 0.335. The van der Waals surface area contributed by atoms with Gasteiger partial charge in [-0.1, -0.05) is 47.4 Å². The van der Waals surface area contributed by atoms with Gasteiger partial charge >= 0.3 is 0 Å². The predicted octanol–water partition coefficient (Wildman–Crippen LogP) is 3.97. The zero-order valence-corrected chi connectivity index (χ0v) is 21.8. The molecule has 0 fully saturated rings. The lowest BCUT2D eigenvalue weighted by molar-refractivity contribution is -0.664. The van der Waals surface area contributed by atoms with E-state index in [-0.39, 0.29) is 24.6 Å². The monoisotopic (exact) mass is 551 g/mol. The number of aromatic nitrogens is 1. The highest BCUT2D eigenvalue weighted by Crippen LogP contribution is 2.49. The molecular formula is C23H23N2O6S4+. The van der Waals surface area contributed by atoms with Gasteiger partial charge in [-0.15, -0.1) is 0 Å². The van der Waals surface area contributed by atoms with Gasteiger partial charge in [-0.3, -0.25) is 9.11 Å². The lowest BCUT2D eigenvalue weighted by Gasteiger charge is -2.21. The van der Waals surface area contributed by atoms with Crippen molar-refractivity contribution >= 4 is 64.8 Å². The number of benzene rings is 2. The van der Waals surface area contributed by atoms with E-state index in [1.807, 2.05) is 58.0 Å². The van der Waals surface area contributed by atoms with Crippen LogP contribution in [0.2, 0.25) is 0 Å². The Morgan fingerprint density at radius 3 is 2.40 bits per heavy atom. The molecule has 0 radical (unpaired) electrons. The highest BCUT2D eigenvalue weighted by molar-refractivity contribution is 8.03. The molecule has 5 rings (SSSR count). The summed E-state index contributed by atoms with van der Waals surface area (Å²) in [7, 11) is -8.23. The van der Waals surface area contributed by atoms with Crippen LogP contribution in [0, 0.1) is 0 Å². The van der Waals surface area contributed by atoms with Crippen LogP contribution in [0.15, 0.2) is 70.1 Å². The molecule has 0 bridgehead atoms. The second-order valence-corrected chi connectivity index (χ2v) is 13.5. The molecular weight excluding hydrogens is 529 g/mol. The van der Waals surface area contributed by atoms with Crippen molar-refractivity contribution in [2.45, 2.75) is 24.3 Å². The number of hydrogen-bond donors (Lipinski definition) is 2. The summed E-state index contributed by atoms with van der Waals surface area (Å²) >= 11 is 3.16. The number of thiazole rings is 1. The second kappa shape index (κ2) is 9.34. The second-order valence-electron chi connectivity index (χ2n) is 8.32. The number of allylic oxidation sites excluding steroid dienone is 3. The molecule has 2 heterocycles. The molecule has 3 aromatic rings. The minimum absolute atomic E-state index is 0.141. The Hall–Kier alpha value is -2.22. The molecule has 0 atom stereocenters. The maximum atomic E-state index is 11.5. The Balaban J connectivity index is 1.55. The lowest BCUT2D eigenvalue weighted by atomic mass is 10.2. The van der Waals surface area contributed by atoms with Crippen LogP contribution in [0.5, 0.6) is 0 Å². The standard InChI is InChI=1S/C23H22N2O6S4/c26-34(27,28)13-11-24-18-5-1-3-7-20(18)32-22(24)16-9-10-17(15-16)23-25(12-14-35(29,30)31)19-6-2-4-8-21(19)33-23/h1-8,15H,9-14H2,(H-,26,27,28,29,30,31)/p+1. The van der Waals surface area contributed by atoms with Crippen molar-refractivity contribution in [2.75, 3.05) is 23.0 Å². The summed E-state index contributed by atoms with van der Waals surface area (Å²) in [5.41, 5.74) is 3.96. The molecule has 184 valence electrons. The van der Waals surface area contributed by atoms with Gasteiger partial charge < -0.3 is 4.90 Å². The van der Waals surface area contributed by atoms with Gasteiger partial charge in [-0.25, -0.2) is 0 Å². The Morgan fingerprint density at radius 2 is 1.63 bits per heavy atom. The summed E-state index contributed by atoms with van der Waals surface area (Å²) in [5, 5.41) is 1.88. The third-order valence-electron chi connectivity index (χ3n) is 5.92. The fourth-order valence-corrected chi connectivity index (χ4v) is 7.65. The zero-order valence-electron chi connectivity index (χ0n) is 18.5. The smallest absolute Gasteiger partial charge is 0.271 e. The Labute approximate surface area is 212 Å². The van der Waals surface area contributed by atoms with Crippen molar-refractivity contribution in [2.24, 2.45) is 0 Å². The number of thioether (sulfide) groups is 1. The molecule has 8 nitrogen and oxygen atoms in total. The molecule has 0 saturated heterocycles. The molecule has 0 spiro atoms. The number of rotatable bonds is 7. The fraction of sp³-hybridized carbons (Fsp3) is 0.261. The first-order chi connectivity index (χ1) is 16.6. The summed E-state index contributed by atoms with van der Waals surface area (Å²) in [4.78, 5) is 2.97. The molecule has 2 aromatic carbocycles. The van der Waals surface area contributed by atoms with Crippen molar-refractivity contribution < 1.29 is 30.5 Å². The normalized spacial score (nSPS) is 18.3. The van der Waals surface area contributed by atoms with Gasteiger partial charge in [0.1, 0.15) is 10.5 Å². The predicted molar refractivity (Wildman–Crippen MR) is 139 cm³/mol. The highest BCUT2D eigenvalue weighted by atomic mass is 32.2. The van der Waals surface area contributed by atoms with Crippen LogP contribution in [0.25, 0.3) is 15.8 Å². The topological polar surface area (TPSA) is 116 Å². The van der Waals surface area contributed by atoms with E-state index >= 15 is 0 Å². The summed E-state index contributed by atoms with van der Waals surface area (Å²) in [5.74, 6) is -0.748. The fourth-order valence-electron chi connectivity index (χ4n) is 4.37. The lowest BCUT2D eigenvalue weighted by Crippen LogP contribution is -2.39. The minimum atomic E-state index is -4.11. The maximum absolute atomic E-state index is 11.5. The summed E-state index contributed by atoms with van der Waals surface area (Å²) in [6.45, 7) is 0.282. The number of aryl methyl sites for hydroxylation is 1. The van der Waals surface area contributed by atoms with Crippen molar-refractivity contribution in [3.63, 3.8) is 0 Å². The first-order valence-corrected chi connectivity index (χ1v) is 15.7. The molecule has 0 amide bonds. The Kier molecular flexibility index (Phi) is 6.53. The summed E-state index contributed by atoms with van der Waals surface area (Å²) < 4.78 is 67.4. The van der Waals surface area contributed by atoms with Crippen molar-refractivity contribution in [1.82, 2.24) is 0 Å². The van der Waals surface area contributed by atoms with E-state index in [0.29, 0.717) is 0 Å². The van der Waals surface area contributed by atoms with Gasteiger partial charge in [-0.2, -0.15) is 21.4 Å².